The van der Waals surface area contributed by atoms with Crippen molar-refractivity contribution in [3.05, 3.63) is 73.8 Å². The molecular formula is C19H19N5O6. The topological polar surface area (TPSA) is 140 Å². The van der Waals surface area contributed by atoms with Crippen LogP contribution in [0, 0.1) is 20.2 Å². The Labute approximate surface area is 171 Å². The lowest BCUT2D eigenvalue weighted by Gasteiger charge is -2.28. The first-order valence-electron chi connectivity index (χ1n) is 9.10. The Morgan fingerprint density at radius 2 is 1.80 bits per heavy atom. The first kappa shape index (κ1) is 20.9. The number of nitro groups is 2. The number of carbonyl (C=O) groups is 1. The predicted octanol–water partition coefficient (Wildman–Crippen LogP) is 2.03. The monoisotopic (exact) mass is 413 g/mol. The molecule has 0 bridgehead atoms. The van der Waals surface area contributed by atoms with E-state index in [1.807, 2.05) is 4.90 Å². The molecule has 2 aromatic rings. The first-order chi connectivity index (χ1) is 14.4. The molecular weight excluding hydrogens is 394 g/mol. The number of hydrazone groups is 1. The molecule has 1 aliphatic rings. The van der Waals surface area contributed by atoms with Gasteiger partial charge in [-0.05, 0) is 11.6 Å². The second kappa shape index (κ2) is 9.56. The molecule has 0 spiro atoms. The van der Waals surface area contributed by atoms with Crippen molar-refractivity contribution in [1.82, 2.24) is 5.43 Å². The first-order valence-corrected chi connectivity index (χ1v) is 9.10. The number of hydrogen-bond acceptors (Lipinski definition) is 8. The van der Waals surface area contributed by atoms with Crippen molar-refractivity contribution in [3.63, 3.8) is 0 Å². The van der Waals surface area contributed by atoms with E-state index in [1.165, 1.54) is 36.5 Å². The molecule has 0 aromatic heterocycles. The Morgan fingerprint density at radius 1 is 1.10 bits per heavy atom. The number of benzene rings is 2. The van der Waals surface area contributed by atoms with E-state index in [0.29, 0.717) is 43.1 Å². The van der Waals surface area contributed by atoms with Gasteiger partial charge in [0.15, 0.2) is 0 Å². The third-order valence-electron chi connectivity index (χ3n) is 4.46. The van der Waals surface area contributed by atoms with E-state index < -0.39 is 15.8 Å². The molecule has 0 aliphatic carbocycles. The van der Waals surface area contributed by atoms with Gasteiger partial charge in [0.1, 0.15) is 5.69 Å². The van der Waals surface area contributed by atoms with Crippen LogP contribution in [0.15, 0.2) is 47.6 Å². The number of carbonyl (C=O) groups excluding carboxylic acids is 1. The van der Waals surface area contributed by atoms with Crippen LogP contribution in [-0.2, 0) is 16.0 Å². The molecule has 0 unspecified atom stereocenters. The Balaban J connectivity index is 1.62. The lowest BCUT2D eigenvalue weighted by molar-refractivity contribution is -0.384. The number of non-ortho nitro benzene ring substituents is 1. The molecule has 0 saturated carbocycles. The third-order valence-corrected chi connectivity index (χ3v) is 4.46. The second-order valence-electron chi connectivity index (χ2n) is 6.50. The van der Waals surface area contributed by atoms with E-state index in [0.717, 1.165) is 0 Å². The summed E-state index contributed by atoms with van der Waals surface area (Å²) >= 11 is 0. The van der Waals surface area contributed by atoms with Gasteiger partial charge in [0.25, 0.3) is 11.4 Å². The zero-order valence-corrected chi connectivity index (χ0v) is 15.9. The molecule has 3 rings (SSSR count). The molecule has 1 N–H and O–H groups in total. The summed E-state index contributed by atoms with van der Waals surface area (Å²) in [5, 5.41) is 25.9. The van der Waals surface area contributed by atoms with E-state index in [2.05, 4.69) is 10.5 Å². The molecule has 1 fully saturated rings. The fourth-order valence-electron chi connectivity index (χ4n) is 2.98. The molecule has 0 atom stereocenters. The standard InChI is InChI=1S/C19H19N5O6/c25-19(12-14-1-4-16(5-2-14)23(26)27)21-20-13-15-3-6-17(18(11-15)24(28)29)22-7-9-30-10-8-22/h1-6,11,13H,7-10,12H2,(H,21,25)/b20-13-. The van der Waals surface area contributed by atoms with Gasteiger partial charge in [0.05, 0.1) is 35.7 Å². The summed E-state index contributed by atoms with van der Waals surface area (Å²) in [6.45, 7) is 2.18. The van der Waals surface area contributed by atoms with E-state index in [9.17, 15) is 25.0 Å². The van der Waals surface area contributed by atoms with Gasteiger partial charge >= 0.3 is 0 Å². The molecule has 11 heteroatoms. The average molecular weight is 413 g/mol. The van der Waals surface area contributed by atoms with Gasteiger partial charge in [-0.2, -0.15) is 5.10 Å². The van der Waals surface area contributed by atoms with Crippen LogP contribution < -0.4 is 10.3 Å². The lowest BCUT2D eigenvalue weighted by Crippen LogP contribution is -2.36. The highest BCUT2D eigenvalue weighted by atomic mass is 16.6. The van der Waals surface area contributed by atoms with Gasteiger partial charge in [0.2, 0.25) is 5.91 Å². The highest BCUT2D eigenvalue weighted by Gasteiger charge is 2.21. The van der Waals surface area contributed by atoms with E-state index >= 15 is 0 Å². The van der Waals surface area contributed by atoms with Crippen molar-refractivity contribution in [2.24, 2.45) is 5.10 Å². The minimum Gasteiger partial charge on any atom is -0.378 e. The minimum atomic E-state index is -0.516. The van der Waals surface area contributed by atoms with Crippen molar-refractivity contribution in [2.75, 3.05) is 31.2 Å². The van der Waals surface area contributed by atoms with Gasteiger partial charge in [-0.15, -0.1) is 0 Å². The molecule has 0 radical (unpaired) electrons. The Bertz CT molecular complexity index is 970. The number of amides is 1. The maximum atomic E-state index is 12.0. The fourth-order valence-corrected chi connectivity index (χ4v) is 2.98. The number of anilines is 1. The van der Waals surface area contributed by atoms with Crippen molar-refractivity contribution in [1.29, 1.82) is 0 Å². The number of morpholine rings is 1. The van der Waals surface area contributed by atoms with Crippen molar-refractivity contribution >= 4 is 29.2 Å². The van der Waals surface area contributed by atoms with Gasteiger partial charge in [-0.1, -0.05) is 18.2 Å². The molecule has 1 amide bonds. The number of ether oxygens (including phenoxy) is 1. The van der Waals surface area contributed by atoms with Crippen LogP contribution in [0.4, 0.5) is 17.1 Å². The molecule has 11 nitrogen and oxygen atoms in total. The van der Waals surface area contributed by atoms with Crippen LogP contribution in [0.1, 0.15) is 11.1 Å². The van der Waals surface area contributed by atoms with Crippen LogP contribution in [0.2, 0.25) is 0 Å². The number of nitro benzene ring substituents is 2. The SMILES string of the molecule is O=C(Cc1ccc([N+](=O)[O-])cc1)N/N=C\c1ccc(N2CCOCC2)c([N+](=O)[O-])c1. The smallest absolute Gasteiger partial charge is 0.293 e. The average Bonchev–Trinajstić information content (AvgIpc) is 2.74. The molecule has 1 aliphatic heterocycles. The van der Waals surface area contributed by atoms with Gasteiger partial charge < -0.3 is 9.64 Å². The lowest BCUT2D eigenvalue weighted by atomic mass is 10.1. The van der Waals surface area contributed by atoms with Crippen molar-refractivity contribution < 1.29 is 19.4 Å². The quantitative estimate of drug-likeness (QED) is 0.416. The summed E-state index contributed by atoms with van der Waals surface area (Å²) in [7, 11) is 0. The minimum absolute atomic E-state index is 0.00848. The van der Waals surface area contributed by atoms with Crippen LogP contribution in [0.25, 0.3) is 0 Å². The van der Waals surface area contributed by atoms with Gasteiger partial charge in [0, 0.05) is 36.9 Å². The zero-order valence-electron chi connectivity index (χ0n) is 15.9. The van der Waals surface area contributed by atoms with Crippen molar-refractivity contribution in [3.8, 4) is 0 Å². The summed E-state index contributed by atoms with van der Waals surface area (Å²) in [6, 6.07) is 10.4. The number of nitrogens with one attached hydrogen (secondary N) is 1. The highest BCUT2D eigenvalue weighted by Crippen LogP contribution is 2.29. The fraction of sp³-hybridized carbons (Fsp3) is 0.263. The Morgan fingerprint density at radius 3 is 2.43 bits per heavy atom. The molecule has 1 saturated heterocycles. The van der Waals surface area contributed by atoms with Crippen LogP contribution in [0.5, 0.6) is 0 Å². The Hall–Kier alpha value is -3.86. The predicted molar refractivity (Wildman–Crippen MR) is 109 cm³/mol. The maximum Gasteiger partial charge on any atom is 0.293 e. The van der Waals surface area contributed by atoms with E-state index in [1.54, 1.807) is 12.1 Å². The molecule has 2 aromatic carbocycles. The maximum absolute atomic E-state index is 12.0. The Kier molecular flexibility index (Phi) is 6.65. The molecule has 156 valence electrons. The third kappa shape index (κ3) is 5.35. The van der Waals surface area contributed by atoms with Crippen LogP contribution in [-0.4, -0.2) is 48.3 Å². The van der Waals surface area contributed by atoms with Crippen LogP contribution >= 0.6 is 0 Å². The summed E-state index contributed by atoms with van der Waals surface area (Å²) in [5.41, 5.74) is 3.82. The van der Waals surface area contributed by atoms with E-state index in [4.69, 9.17) is 4.74 Å². The van der Waals surface area contributed by atoms with Gasteiger partial charge in [-0.3, -0.25) is 25.0 Å². The highest BCUT2D eigenvalue weighted by molar-refractivity contribution is 5.85. The largest absolute Gasteiger partial charge is 0.378 e. The molecule has 1 heterocycles. The molecule has 30 heavy (non-hydrogen) atoms. The van der Waals surface area contributed by atoms with E-state index in [-0.39, 0.29) is 17.8 Å². The van der Waals surface area contributed by atoms with Crippen molar-refractivity contribution in [2.45, 2.75) is 6.42 Å². The zero-order chi connectivity index (χ0) is 21.5. The van der Waals surface area contributed by atoms with Gasteiger partial charge in [-0.25, -0.2) is 5.43 Å². The number of hydrogen-bond donors (Lipinski definition) is 1. The summed E-state index contributed by atoms with van der Waals surface area (Å²) in [4.78, 5) is 35.0. The van der Waals surface area contributed by atoms with Crippen LogP contribution in [0.3, 0.4) is 0 Å². The normalized spacial score (nSPS) is 13.9. The number of rotatable bonds is 7. The number of nitrogens with zero attached hydrogens (tertiary/aromatic N) is 4. The summed E-state index contributed by atoms with van der Waals surface area (Å²) in [6.07, 6.45) is 1.31. The summed E-state index contributed by atoms with van der Waals surface area (Å²) < 4.78 is 5.28. The summed E-state index contributed by atoms with van der Waals surface area (Å²) in [5.74, 6) is -0.417. The second-order valence-corrected chi connectivity index (χ2v) is 6.50.